The van der Waals surface area contributed by atoms with E-state index in [9.17, 15) is 38.4 Å². The highest BCUT2D eigenvalue weighted by molar-refractivity contribution is 6.07. The van der Waals surface area contributed by atoms with E-state index in [1.165, 1.54) is 102 Å². The number of carbonyl (C=O) groups is 8. The van der Waals surface area contributed by atoms with E-state index < -0.39 is 71.4 Å². The summed E-state index contributed by atoms with van der Waals surface area (Å²) in [7, 11) is 5.43. The number of benzene rings is 4. The second-order valence-electron chi connectivity index (χ2n) is 17.7. The molecule has 0 heterocycles. The van der Waals surface area contributed by atoms with Crippen molar-refractivity contribution >= 4 is 70.0 Å². The van der Waals surface area contributed by atoms with Gasteiger partial charge in [-0.05, 0) is 157 Å². The number of unbranched alkanes of at least 4 members (excludes halogenated alkanes) is 3. The first-order valence-electron chi connectivity index (χ1n) is 25.0. The number of carbonyl (C=O) groups excluding carboxylic acids is 8. The number of hydrogen-bond donors (Lipinski definition) is 12. The first-order valence-corrected chi connectivity index (χ1v) is 25.0. The zero-order valence-corrected chi connectivity index (χ0v) is 44.0. The Kier molecular flexibility index (Phi) is 24.6. The Balaban J connectivity index is 1.56. The summed E-state index contributed by atoms with van der Waals surface area (Å²) in [5.41, 5.74) is 29.3. The molecule has 0 bridgehead atoms. The van der Waals surface area contributed by atoms with Crippen LogP contribution in [0.25, 0.3) is 0 Å². The summed E-state index contributed by atoms with van der Waals surface area (Å²) in [6.45, 7) is 2.51. The maximum absolute atomic E-state index is 14.2. The van der Waals surface area contributed by atoms with Gasteiger partial charge >= 0.3 is 0 Å². The predicted molar refractivity (Wildman–Crippen MR) is 291 cm³/mol. The highest BCUT2D eigenvalue weighted by Gasteiger charge is 2.28. The molecule has 0 spiro atoms. The zero-order chi connectivity index (χ0) is 56.6. The van der Waals surface area contributed by atoms with Crippen molar-refractivity contribution in [3.05, 3.63) is 95.1 Å². The Morgan fingerprint density at radius 2 is 0.675 bits per heavy atom. The SMILES string of the molecule is COc1ccc(NC(=O)[C@H](CCCCN)NC(=O)c2cc(NC(=O)[C@H](CCCCN)NC(=O)c3cc(NC(=O)[C@H](CCCCN)NC(=O)c4cc(NC(=O)[C@H](C)N)ccc4OC)ccc3OC)ccc2OC)cc1C(N)=O. The lowest BCUT2D eigenvalue weighted by molar-refractivity contribution is -0.118. The van der Waals surface area contributed by atoms with Crippen LogP contribution in [-0.2, 0) is 19.2 Å². The molecule has 0 radical (unpaired) electrons. The highest BCUT2D eigenvalue weighted by Crippen LogP contribution is 2.28. The second kappa shape index (κ2) is 30.9. The van der Waals surface area contributed by atoms with Crippen LogP contribution in [0.1, 0.15) is 106 Å². The van der Waals surface area contributed by atoms with E-state index in [0.29, 0.717) is 58.2 Å². The van der Waals surface area contributed by atoms with Gasteiger partial charge in [-0.15, -0.1) is 0 Å². The van der Waals surface area contributed by atoms with Crippen molar-refractivity contribution in [3.8, 4) is 23.0 Å². The van der Waals surface area contributed by atoms with Gasteiger partial charge in [-0.3, -0.25) is 38.4 Å². The summed E-state index contributed by atoms with van der Waals surface area (Å²) >= 11 is 0. The molecule has 0 fully saturated rings. The van der Waals surface area contributed by atoms with E-state index >= 15 is 0 Å². The maximum atomic E-state index is 14.2. The van der Waals surface area contributed by atoms with Gasteiger partial charge in [0.2, 0.25) is 23.6 Å². The maximum Gasteiger partial charge on any atom is 0.255 e. The van der Waals surface area contributed by atoms with Crippen LogP contribution >= 0.6 is 0 Å². The number of hydrogen-bond acceptors (Lipinski definition) is 16. The summed E-state index contributed by atoms with van der Waals surface area (Å²) in [6.07, 6.45) is 3.52. The van der Waals surface area contributed by atoms with E-state index in [-0.39, 0.29) is 87.3 Å². The van der Waals surface area contributed by atoms with Crippen LogP contribution in [0.4, 0.5) is 22.7 Å². The van der Waals surface area contributed by atoms with E-state index in [4.69, 9.17) is 47.6 Å². The number of amides is 8. The van der Waals surface area contributed by atoms with Crippen LogP contribution in [0.5, 0.6) is 23.0 Å². The Morgan fingerprint density at radius 1 is 0.416 bits per heavy atom. The Hall–Kier alpha value is -8.32. The molecule has 0 aliphatic carbocycles. The third-order valence-corrected chi connectivity index (χ3v) is 12.0. The largest absolute Gasteiger partial charge is 0.496 e. The minimum absolute atomic E-state index is 0.0344. The standard InChI is InChI=1S/C53H72N12O12/c1-30(57)47(67)59-32-16-20-43(75-3)36(27-32)48(68)64-40(13-7-10-24-55)52(72)61-34-18-22-45(77-5)38(29-34)50(70)65-41(14-8-11-25-56)53(73)62-33-17-21-44(76-4)37(28-33)49(69)63-39(12-6-9-23-54)51(71)60-31-15-19-42(74-2)35(26-31)46(58)66/h15-22,26-30,39-41H,6-14,23-25,54-57H2,1-5H3,(H2,58,66)(H,59,67)(H,60,71)(H,61,72)(H,62,73)(H,63,69)(H,64,68)(H,65,70)/t30-,39-,40-,41-/m0/s1. The van der Waals surface area contributed by atoms with Crippen LogP contribution in [0.15, 0.2) is 72.8 Å². The summed E-state index contributed by atoms with van der Waals surface area (Å²) in [6, 6.07) is 13.2. The zero-order valence-electron chi connectivity index (χ0n) is 44.0. The summed E-state index contributed by atoms with van der Waals surface area (Å²) in [5.74, 6) is -4.65. The molecule has 4 rings (SSSR count). The van der Waals surface area contributed by atoms with E-state index in [1.807, 2.05) is 0 Å². The minimum Gasteiger partial charge on any atom is -0.496 e. The molecule has 17 N–H and O–H groups in total. The molecular weight excluding hydrogens is 997 g/mol. The molecule has 4 aromatic rings. The van der Waals surface area contributed by atoms with Gasteiger partial charge in [0.05, 0.1) is 56.7 Å². The smallest absolute Gasteiger partial charge is 0.255 e. The van der Waals surface area contributed by atoms with Crippen LogP contribution in [0.3, 0.4) is 0 Å². The molecule has 0 unspecified atom stereocenters. The van der Waals surface area contributed by atoms with Crippen molar-refractivity contribution < 1.29 is 57.3 Å². The number of anilines is 4. The Labute approximate surface area is 446 Å². The summed E-state index contributed by atoms with van der Waals surface area (Å²) in [4.78, 5) is 108. The highest BCUT2D eigenvalue weighted by atomic mass is 16.5. The average Bonchev–Trinajstić information content (AvgIpc) is 3.41. The minimum atomic E-state index is -1.16. The fourth-order valence-corrected chi connectivity index (χ4v) is 7.80. The van der Waals surface area contributed by atoms with Crippen molar-refractivity contribution in [2.75, 3.05) is 69.3 Å². The van der Waals surface area contributed by atoms with Gasteiger partial charge in [-0.2, -0.15) is 0 Å². The molecule has 0 aromatic heterocycles. The second-order valence-corrected chi connectivity index (χ2v) is 17.7. The van der Waals surface area contributed by atoms with Crippen LogP contribution in [0.2, 0.25) is 0 Å². The molecule has 24 heteroatoms. The molecule has 416 valence electrons. The molecule has 0 saturated heterocycles. The van der Waals surface area contributed by atoms with E-state index in [2.05, 4.69) is 37.2 Å². The van der Waals surface area contributed by atoms with E-state index in [0.717, 1.165) is 0 Å². The van der Waals surface area contributed by atoms with Gasteiger partial charge in [-0.1, -0.05) is 0 Å². The number of rotatable bonds is 31. The molecule has 0 aliphatic rings. The van der Waals surface area contributed by atoms with Gasteiger partial charge < -0.3 is 84.8 Å². The number of nitrogens with one attached hydrogen (secondary N) is 7. The van der Waals surface area contributed by atoms with E-state index in [1.54, 1.807) is 6.07 Å². The summed E-state index contributed by atoms with van der Waals surface area (Å²) in [5, 5.41) is 19.2. The van der Waals surface area contributed by atoms with Crippen molar-refractivity contribution in [2.45, 2.75) is 88.9 Å². The lowest BCUT2D eigenvalue weighted by atomic mass is 10.1. The number of nitrogens with two attached hydrogens (primary N) is 5. The number of methoxy groups -OCH3 is 4. The van der Waals surface area contributed by atoms with Crippen LogP contribution < -0.4 is 84.8 Å². The first-order chi connectivity index (χ1) is 36.9. The van der Waals surface area contributed by atoms with Gasteiger partial charge in [0.25, 0.3) is 23.6 Å². The molecule has 0 aliphatic heterocycles. The average molecular weight is 1070 g/mol. The van der Waals surface area contributed by atoms with Crippen molar-refractivity contribution in [3.63, 3.8) is 0 Å². The molecule has 4 aromatic carbocycles. The number of primary amides is 1. The lowest BCUT2D eigenvalue weighted by Gasteiger charge is -2.22. The lowest BCUT2D eigenvalue weighted by Crippen LogP contribution is -2.44. The Morgan fingerprint density at radius 3 is 0.922 bits per heavy atom. The fraction of sp³-hybridized carbons (Fsp3) is 0.396. The van der Waals surface area contributed by atoms with Crippen LogP contribution in [-0.4, -0.2) is 119 Å². The van der Waals surface area contributed by atoms with Crippen molar-refractivity contribution in [2.24, 2.45) is 28.7 Å². The topological polar surface area (TPSA) is 388 Å². The van der Waals surface area contributed by atoms with Crippen molar-refractivity contribution in [1.29, 1.82) is 0 Å². The normalized spacial score (nSPS) is 12.3. The first kappa shape index (κ1) is 61.2. The van der Waals surface area contributed by atoms with Gasteiger partial charge in [-0.25, -0.2) is 0 Å². The third-order valence-electron chi connectivity index (χ3n) is 12.0. The molecule has 24 nitrogen and oxygen atoms in total. The molecule has 77 heavy (non-hydrogen) atoms. The van der Waals surface area contributed by atoms with Gasteiger partial charge in [0, 0.05) is 22.7 Å². The summed E-state index contributed by atoms with van der Waals surface area (Å²) < 4.78 is 21.6. The fourth-order valence-electron chi connectivity index (χ4n) is 7.80. The van der Waals surface area contributed by atoms with Crippen LogP contribution in [0, 0.1) is 0 Å². The monoisotopic (exact) mass is 1070 g/mol. The Bertz CT molecular complexity index is 2720. The van der Waals surface area contributed by atoms with Gasteiger partial charge in [0.1, 0.15) is 41.1 Å². The number of ether oxygens (including phenoxy) is 4. The molecule has 0 saturated carbocycles. The quantitative estimate of drug-likeness (QED) is 0.0322. The third kappa shape index (κ3) is 18.2. The van der Waals surface area contributed by atoms with Gasteiger partial charge in [0.15, 0.2) is 0 Å². The molecular formula is C53H72N12O12. The predicted octanol–water partition coefficient (Wildman–Crippen LogP) is 2.70. The molecule has 4 atom stereocenters. The molecule has 8 amide bonds. The van der Waals surface area contributed by atoms with Crippen molar-refractivity contribution in [1.82, 2.24) is 16.0 Å².